The van der Waals surface area contributed by atoms with Crippen LogP contribution in [-0.4, -0.2) is 21.7 Å². The van der Waals surface area contributed by atoms with Crippen LogP contribution in [0.25, 0.3) is 10.8 Å². The Morgan fingerprint density at radius 3 is 2.81 bits per heavy atom. The summed E-state index contributed by atoms with van der Waals surface area (Å²) in [5.74, 6) is 0.960. The maximum Gasteiger partial charge on any atom is 0.169 e. The highest BCUT2D eigenvalue weighted by atomic mass is 32.2. The van der Waals surface area contributed by atoms with Crippen LogP contribution in [0.5, 0.6) is 0 Å². The van der Waals surface area contributed by atoms with Crippen LogP contribution in [0.1, 0.15) is 18.5 Å². The SMILES string of the molecule is CCNC(CSc1ncns1)c1ccc2ccccc2c1. The first kappa shape index (κ1) is 14.5. The predicted octanol–water partition coefficient (Wildman–Crippen LogP) is 4.13. The second kappa shape index (κ2) is 7.02. The van der Waals surface area contributed by atoms with E-state index in [-0.39, 0.29) is 0 Å². The third-order valence-electron chi connectivity index (χ3n) is 3.34. The van der Waals surface area contributed by atoms with E-state index in [1.807, 2.05) is 0 Å². The smallest absolute Gasteiger partial charge is 0.169 e. The van der Waals surface area contributed by atoms with Gasteiger partial charge in [-0.3, -0.25) is 0 Å². The second-order valence-corrected chi connectivity index (χ2v) is 6.78. The van der Waals surface area contributed by atoms with Crippen molar-refractivity contribution in [2.75, 3.05) is 12.3 Å². The van der Waals surface area contributed by atoms with E-state index in [0.29, 0.717) is 6.04 Å². The van der Waals surface area contributed by atoms with E-state index >= 15 is 0 Å². The Labute approximate surface area is 133 Å². The molecule has 1 aromatic heterocycles. The van der Waals surface area contributed by atoms with Crippen LogP contribution in [0, 0.1) is 0 Å². The number of aromatic nitrogens is 2. The summed E-state index contributed by atoms with van der Waals surface area (Å²) in [6.07, 6.45) is 1.62. The van der Waals surface area contributed by atoms with Crippen molar-refractivity contribution >= 4 is 34.1 Å². The molecule has 0 aliphatic carbocycles. The summed E-state index contributed by atoms with van der Waals surface area (Å²) in [7, 11) is 0. The summed E-state index contributed by atoms with van der Waals surface area (Å²) in [4.78, 5) is 4.23. The van der Waals surface area contributed by atoms with Gasteiger partial charge in [-0.05, 0) is 40.5 Å². The van der Waals surface area contributed by atoms with Gasteiger partial charge in [0.15, 0.2) is 4.34 Å². The average Bonchev–Trinajstić information content (AvgIpc) is 3.04. The molecule has 3 rings (SSSR count). The molecule has 1 N–H and O–H groups in total. The lowest BCUT2D eigenvalue weighted by Crippen LogP contribution is -2.22. The monoisotopic (exact) mass is 315 g/mol. The van der Waals surface area contributed by atoms with Crippen molar-refractivity contribution in [2.24, 2.45) is 0 Å². The number of nitrogens with one attached hydrogen (secondary N) is 1. The van der Waals surface area contributed by atoms with Crippen LogP contribution in [0.2, 0.25) is 0 Å². The molecule has 0 bridgehead atoms. The van der Waals surface area contributed by atoms with Gasteiger partial charge in [-0.2, -0.15) is 4.37 Å². The predicted molar refractivity (Wildman–Crippen MR) is 91.0 cm³/mol. The Bertz CT molecular complexity index is 698. The van der Waals surface area contributed by atoms with Crippen LogP contribution in [0.15, 0.2) is 53.1 Å². The molecule has 21 heavy (non-hydrogen) atoms. The summed E-state index contributed by atoms with van der Waals surface area (Å²) in [5, 5.41) is 6.14. The summed E-state index contributed by atoms with van der Waals surface area (Å²) < 4.78 is 5.08. The molecule has 0 amide bonds. The molecule has 0 radical (unpaired) electrons. The largest absolute Gasteiger partial charge is 0.309 e. The van der Waals surface area contributed by atoms with Crippen molar-refractivity contribution in [3.05, 3.63) is 54.4 Å². The van der Waals surface area contributed by atoms with Crippen molar-refractivity contribution in [2.45, 2.75) is 17.3 Å². The van der Waals surface area contributed by atoms with Gasteiger partial charge in [0.05, 0.1) is 0 Å². The van der Waals surface area contributed by atoms with Gasteiger partial charge in [-0.25, -0.2) is 4.98 Å². The van der Waals surface area contributed by atoms with E-state index < -0.39 is 0 Å². The van der Waals surface area contributed by atoms with Gasteiger partial charge in [-0.15, -0.1) is 0 Å². The molecule has 2 aromatic carbocycles. The highest BCUT2D eigenvalue weighted by Gasteiger charge is 2.12. The number of hydrogen-bond acceptors (Lipinski definition) is 5. The van der Waals surface area contributed by atoms with E-state index in [0.717, 1.165) is 16.6 Å². The lowest BCUT2D eigenvalue weighted by Gasteiger charge is -2.18. The summed E-state index contributed by atoms with van der Waals surface area (Å²) >= 11 is 3.21. The minimum Gasteiger partial charge on any atom is -0.309 e. The molecule has 3 aromatic rings. The first-order chi connectivity index (χ1) is 10.4. The van der Waals surface area contributed by atoms with Crippen LogP contribution in [-0.2, 0) is 0 Å². The molecule has 1 heterocycles. The molecule has 108 valence electrons. The standard InChI is InChI=1S/C16H17N3S2/c1-2-17-15(10-20-16-18-11-19-21-16)14-8-7-12-5-3-4-6-13(12)9-14/h3-9,11,15,17H,2,10H2,1H3. The Kier molecular flexibility index (Phi) is 4.85. The molecule has 3 nitrogen and oxygen atoms in total. The molecular weight excluding hydrogens is 298 g/mol. The summed E-state index contributed by atoms with van der Waals surface area (Å²) in [5.41, 5.74) is 1.33. The van der Waals surface area contributed by atoms with Gasteiger partial charge in [0, 0.05) is 11.8 Å². The van der Waals surface area contributed by atoms with Gasteiger partial charge in [0.25, 0.3) is 0 Å². The third-order valence-corrected chi connectivity index (χ3v) is 5.23. The van der Waals surface area contributed by atoms with Gasteiger partial charge >= 0.3 is 0 Å². The molecule has 1 atom stereocenters. The van der Waals surface area contributed by atoms with Crippen molar-refractivity contribution in [3.63, 3.8) is 0 Å². The number of rotatable bonds is 6. The zero-order valence-corrected chi connectivity index (χ0v) is 13.5. The molecule has 5 heteroatoms. The molecule has 1 unspecified atom stereocenters. The van der Waals surface area contributed by atoms with Crippen molar-refractivity contribution in [1.29, 1.82) is 0 Å². The minimum atomic E-state index is 0.327. The number of thioether (sulfide) groups is 1. The number of benzene rings is 2. The second-order valence-electron chi connectivity index (χ2n) is 4.74. The summed E-state index contributed by atoms with van der Waals surface area (Å²) in [6, 6.07) is 15.5. The zero-order valence-electron chi connectivity index (χ0n) is 11.8. The molecule has 0 aliphatic heterocycles. The fraction of sp³-hybridized carbons (Fsp3) is 0.250. The van der Waals surface area contributed by atoms with Crippen molar-refractivity contribution in [3.8, 4) is 0 Å². The maximum atomic E-state index is 4.23. The van der Waals surface area contributed by atoms with Gasteiger partial charge in [0.2, 0.25) is 0 Å². The molecular formula is C16H17N3S2. The third kappa shape index (κ3) is 3.61. The Balaban J connectivity index is 1.80. The van der Waals surface area contributed by atoms with E-state index in [1.54, 1.807) is 18.1 Å². The molecule has 0 saturated carbocycles. The number of nitrogens with zero attached hydrogens (tertiary/aromatic N) is 2. The Morgan fingerprint density at radius 2 is 2.05 bits per heavy atom. The van der Waals surface area contributed by atoms with Crippen molar-refractivity contribution < 1.29 is 0 Å². The molecule has 0 saturated heterocycles. The van der Waals surface area contributed by atoms with Crippen LogP contribution < -0.4 is 5.32 Å². The quantitative estimate of drug-likeness (QED) is 0.694. The molecule has 0 fully saturated rings. The van der Waals surface area contributed by atoms with E-state index in [2.05, 4.69) is 64.1 Å². The maximum absolute atomic E-state index is 4.23. The average molecular weight is 315 g/mol. The van der Waals surface area contributed by atoms with E-state index in [9.17, 15) is 0 Å². The molecule has 0 spiro atoms. The van der Waals surface area contributed by atoms with Crippen LogP contribution in [0.4, 0.5) is 0 Å². The van der Waals surface area contributed by atoms with Crippen LogP contribution in [0.3, 0.4) is 0 Å². The molecule has 0 aliphatic rings. The van der Waals surface area contributed by atoms with Gasteiger partial charge in [0.1, 0.15) is 6.33 Å². The minimum absolute atomic E-state index is 0.327. The first-order valence-corrected chi connectivity index (χ1v) is 8.74. The van der Waals surface area contributed by atoms with Gasteiger partial charge < -0.3 is 5.32 Å². The normalized spacial score (nSPS) is 12.6. The number of hydrogen-bond donors (Lipinski definition) is 1. The highest BCUT2D eigenvalue weighted by Crippen LogP contribution is 2.27. The van der Waals surface area contributed by atoms with E-state index in [4.69, 9.17) is 0 Å². The number of fused-ring (bicyclic) bond motifs is 1. The fourth-order valence-corrected chi connectivity index (χ4v) is 3.89. The Hall–Kier alpha value is -1.43. The van der Waals surface area contributed by atoms with E-state index in [1.165, 1.54) is 27.9 Å². The lowest BCUT2D eigenvalue weighted by atomic mass is 10.0. The topological polar surface area (TPSA) is 37.8 Å². The first-order valence-electron chi connectivity index (χ1n) is 6.98. The highest BCUT2D eigenvalue weighted by molar-refractivity contribution is 8.00. The lowest BCUT2D eigenvalue weighted by molar-refractivity contribution is 0.606. The van der Waals surface area contributed by atoms with Crippen molar-refractivity contribution in [1.82, 2.24) is 14.7 Å². The van der Waals surface area contributed by atoms with Gasteiger partial charge in [-0.1, -0.05) is 55.1 Å². The Morgan fingerprint density at radius 1 is 1.19 bits per heavy atom. The zero-order chi connectivity index (χ0) is 14.5. The van der Waals surface area contributed by atoms with Crippen LogP contribution >= 0.6 is 23.3 Å². The fourth-order valence-electron chi connectivity index (χ4n) is 2.33. The summed E-state index contributed by atoms with van der Waals surface area (Å²) in [6.45, 7) is 3.10.